The van der Waals surface area contributed by atoms with Gasteiger partial charge in [-0.2, -0.15) is 0 Å². The van der Waals surface area contributed by atoms with Gasteiger partial charge >= 0.3 is 214 Å². The standard InChI is InChI=1S/C12F24O4PS/c13-5(14,15)1(6(16,17)18)2(7(19,20)21,8(22,23)24)38-41(42,37-1)39-3(9(25,26)27,10(28,29)30)4(40-41,11(31,32)33)12(34,35)36/q-1. The zero-order valence-electron chi connectivity index (χ0n) is 17.6. The Labute approximate surface area is 215 Å². The molecule has 2 aliphatic rings. The van der Waals surface area contributed by atoms with Gasteiger partial charge in [0.25, 0.3) is 0 Å². The summed E-state index contributed by atoms with van der Waals surface area (Å²) in [6.07, 6.45) is -68.7. The third kappa shape index (κ3) is 4.10. The number of rotatable bonds is 0. The van der Waals surface area contributed by atoms with E-state index < -0.39 is 78.5 Å². The molecule has 0 aliphatic carbocycles. The van der Waals surface area contributed by atoms with Gasteiger partial charge in [0.05, 0.1) is 0 Å². The molecule has 2 fully saturated rings. The first kappa shape index (κ1) is 37.1. The average Bonchev–Trinajstić information content (AvgIpc) is 3.06. The molecule has 0 unspecified atom stereocenters. The van der Waals surface area contributed by atoms with E-state index in [1.54, 1.807) is 0 Å². The van der Waals surface area contributed by atoms with E-state index in [1.165, 1.54) is 0 Å². The summed E-state index contributed by atoms with van der Waals surface area (Å²) in [5.74, 6) is 0. The molecule has 0 N–H and O–H groups in total. The maximum absolute atomic E-state index is 13.6. The SMILES string of the molecule is FC(F)(F)C1(C(F)(F)F)OP2([S-])(OC1(C(F)(F)F)C(F)(F)F)OC(C(F)(F)F)(C(F)(F)F)C(C(F)(F)F)(C(F)(F)F)O2. The minimum absolute atomic E-state index is 2.16. The Morgan fingerprint density at radius 1 is 0.286 bits per heavy atom. The number of halogens is 24. The summed E-state index contributed by atoms with van der Waals surface area (Å²) in [7, 11) is 0. The molecule has 42 heavy (non-hydrogen) atoms. The van der Waals surface area contributed by atoms with Gasteiger partial charge in [0.2, 0.25) is 0 Å². The van der Waals surface area contributed by atoms with Gasteiger partial charge in [0.15, 0.2) is 0 Å². The summed E-state index contributed by atoms with van der Waals surface area (Å²) in [5, 5.41) is 0. The molecule has 0 aromatic heterocycles. The molecule has 4 nitrogen and oxygen atoms in total. The van der Waals surface area contributed by atoms with E-state index in [1.807, 2.05) is 0 Å². The predicted octanol–water partition coefficient (Wildman–Crippen LogP) is 8.21. The fourth-order valence-electron chi connectivity index (χ4n) is 3.92. The van der Waals surface area contributed by atoms with Crippen molar-refractivity contribution in [1.29, 1.82) is 0 Å². The van der Waals surface area contributed by atoms with Gasteiger partial charge in [0, 0.05) is 0 Å². The van der Waals surface area contributed by atoms with Crippen molar-refractivity contribution in [2.75, 3.05) is 0 Å². The molecular formula is C12F24O4PS-. The van der Waals surface area contributed by atoms with E-state index in [0.29, 0.717) is 0 Å². The molecule has 1 spiro atoms. The summed E-state index contributed by atoms with van der Waals surface area (Å²) in [5.41, 5.74) is -34.4. The second-order valence-corrected chi connectivity index (χ2v) is 11.8. The average molecular weight is 727 g/mol. The van der Waals surface area contributed by atoms with Crippen LogP contribution in [0.2, 0.25) is 0 Å². The van der Waals surface area contributed by atoms with Crippen LogP contribution in [0.25, 0.3) is 0 Å². The van der Waals surface area contributed by atoms with Crippen LogP contribution in [0.5, 0.6) is 0 Å². The van der Waals surface area contributed by atoms with Crippen molar-refractivity contribution in [2.24, 2.45) is 0 Å². The molecule has 2 heterocycles. The normalized spacial score (nSPS) is 27.1. The van der Waals surface area contributed by atoms with Crippen LogP contribution in [0.4, 0.5) is 105 Å². The Hall–Kier alpha value is -1.06. The van der Waals surface area contributed by atoms with E-state index in [-0.39, 0.29) is 0 Å². The Kier molecular flexibility index (Phi) is 7.42. The van der Waals surface area contributed by atoms with Crippen LogP contribution in [0.1, 0.15) is 0 Å². The van der Waals surface area contributed by atoms with Gasteiger partial charge in [-0.15, -0.1) is 0 Å². The van der Waals surface area contributed by atoms with Gasteiger partial charge in [-0.1, -0.05) is 0 Å². The van der Waals surface area contributed by atoms with Crippen molar-refractivity contribution in [2.45, 2.75) is 71.8 Å². The Bertz CT molecular complexity index is 855. The minimum atomic E-state index is -10.6. The van der Waals surface area contributed by atoms with E-state index in [4.69, 9.17) is 0 Å². The van der Waals surface area contributed by atoms with Crippen molar-refractivity contribution < 1.29 is 123 Å². The van der Waals surface area contributed by atoms with Crippen LogP contribution in [0, 0.1) is 0 Å². The van der Waals surface area contributed by atoms with Crippen molar-refractivity contribution in [1.82, 2.24) is 0 Å². The summed E-state index contributed by atoms with van der Waals surface area (Å²) >= 11 is 2.98. The topological polar surface area (TPSA) is 36.9 Å². The zero-order valence-corrected chi connectivity index (χ0v) is 19.3. The van der Waals surface area contributed by atoms with E-state index in [0.717, 1.165) is 0 Å². The Morgan fingerprint density at radius 3 is 0.452 bits per heavy atom. The van der Waals surface area contributed by atoms with Crippen molar-refractivity contribution >= 4 is 19.0 Å². The Balaban J connectivity index is 3.45. The molecule has 0 amide bonds. The zero-order chi connectivity index (χ0) is 34.3. The van der Waals surface area contributed by atoms with E-state index in [9.17, 15) is 105 Å². The summed E-state index contributed by atoms with van der Waals surface area (Å²) in [6.45, 7) is -10.6. The van der Waals surface area contributed by atoms with Crippen LogP contribution in [-0.2, 0) is 30.3 Å². The van der Waals surface area contributed by atoms with Gasteiger partial charge in [-0.05, 0) is 0 Å². The Morgan fingerprint density at radius 2 is 0.381 bits per heavy atom. The second-order valence-electron chi connectivity index (χ2n) is 7.82. The third-order valence-electron chi connectivity index (χ3n) is 5.33. The first-order chi connectivity index (χ1) is 17.6. The molecule has 0 bridgehead atoms. The van der Waals surface area contributed by atoms with Gasteiger partial charge in [-0.25, -0.2) is 0 Å². The molecule has 0 aromatic rings. The van der Waals surface area contributed by atoms with E-state index in [2.05, 4.69) is 30.3 Å². The van der Waals surface area contributed by atoms with Crippen LogP contribution >= 0.6 is 6.71 Å². The van der Waals surface area contributed by atoms with Gasteiger partial charge < -0.3 is 0 Å². The van der Waals surface area contributed by atoms with Crippen molar-refractivity contribution in [3.05, 3.63) is 0 Å². The monoisotopic (exact) mass is 727 g/mol. The van der Waals surface area contributed by atoms with Gasteiger partial charge in [-0.3, -0.25) is 0 Å². The predicted molar refractivity (Wildman–Crippen MR) is 78.0 cm³/mol. The molecule has 0 saturated carbocycles. The molecule has 252 valence electrons. The molecular weight excluding hydrogens is 727 g/mol. The molecule has 2 rings (SSSR count). The van der Waals surface area contributed by atoms with Crippen molar-refractivity contribution in [3.8, 4) is 0 Å². The van der Waals surface area contributed by atoms with Crippen LogP contribution in [0.3, 0.4) is 0 Å². The first-order valence-corrected chi connectivity index (χ1v) is 11.7. The molecule has 2 aliphatic heterocycles. The van der Waals surface area contributed by atoms with Crippen molar-refractivity contribution in [3.63, 3.8) is 0 Å². The first-order valence-electron chi connectivity index (χ1n) is 8.76. The summed E-state index contributed by atoms with van der Waals surface area (Å²) in [4.78, 5) is 0. The maximum atomic E-state index is 13.6. The fraction of sp³-hybridized carbons (Fsp3) is 1.00. The second kappa shape index (κ2) is 8.39. The molecule has 0 atom stereocenters. The summed E-state index contributed by atoms with van der Waals surface area (Å²) < 4.78 is 336. The molecule has 0 radical (unpaired) electrons. The van der Waals surface area contributed by atoms with Crippen LogP contribution in [0.15, 0.2) is 0 Å². The number of hydrogen-bond donors (Lipinski definition) is 0. The quantitative estimate of drug-likeness (QED) is 0.143. The molecule has 0 aromatic carbocycles. The number of alkyl halides is 24. The summed E-state index contributed by atoms with van der Waals surface area (Å²) in [6, 6.07) is 0. The third-order valence-corrected chi connectivity index (χ3v) is 8.51. The van der Waals surface area contributed by atoms with E-state index >= 15 is 0 Å². The van der Waals surface area contributed by atoms with Crippen LogP contribution < -0.4 is 0 Å². The van der Waals surface area contributed by atoms with Crippen LogP contribution in [-0.4, -0.2) is 71.8 Å². The number of hydrogen-bond acceptors (Lipinski definition) is 5. The molecule has 2 saturated heterocycles. The fourth-order valence-corrected chi connectivity index (χ4v) is 8.61. The molecule has 30 heteroatoms. The van der Waals surface area contributed by atoms with Gasteiger partial charge in [0.1, 0.15) is 0 Å².